The number of carbonyl (C=O) groups is 5. The molecule has 2 amide bonds. The number of nitrogens with one attached hydrogen (secondary N) is 1. The van der Waals surface area contributed by atoms with E-state index >= 15 is 0 Å². The van der Waals surface area contributed by atoms with Crippen molar-refractivity contribution < 1.29 is 59.7 Å². The van der Waals surface area contributed by atoms with Gasteiger partial charge in [0.1, 0.15) is 28.9 Å². The summed E-state index contributed by atoms with van der Waals surface area (Å²) in [6, 6.07) is 1.86. The maximum atomic E-state index is 13.7. The molecule has 1 aliphatic heterocycles. The number of likely N-dealkylation sites (N-methyl/N-ethyl adjacent to an activating group) is 1. The molecule has 1 saturated carbocycles. The molecule has 1 heterocycles. The van der Waals surface area contributed by atoms with Crippen LogP contribution in [0.25, 0.3) is 5.76 Å². The number of amides is 2. The zero-order valence-electron chi connectivity index (χ0n) is 22.7. The third kappa shape index (κ3) is 4.24. The zero-order valence-corrected chi connectivity index (χ0v) is 22.7. The Morgan fingerprint density at radius 2 is 1.71 bits per heavy atom. The highest BCUT2D eigenvalue weighted by atomic mass is 16.4. The fourth-order valence-electron chi connectivity index (χ4n) is 6.40. The molecule has 1 saturated heterocycles. The monoisotopic (exact) mass is 589 g/mol. The fourth-order valence-corrected chi connectivity index (χ4v) is 6.40. The lowest BCUT2D eigenvalue weighted by Gasteiger charge is -2.55. The van der Waals surface area contributed by atoms with Gasteiger partial charge >= 0.3 is 5.97 Å². The molecule has 7 atom stereocenters. The summed E-state index contributed by atoms with van der Waals surface area (Å²) in [6.07, 6.45) is -1.10. The van der Waals surface area contributed by atoms with Gasteiger partial charge in [0, 0.05) is 6.42 Å². The Bertz CT molecular complexity index is 1480. The van der Waals surface area contributed by atoms with Gasteiger partial charge in [0.25, 0.3) is 5.91 Å². The summed E-state index contributed by atoms with van der Waals surface area (Å²) in [5, 5.41) is 77.0. The van der Waals surface area contributed by atoms with Crippen molar-refractivity contribution in [2.45, 2.75) is 49.2 Å². The molecule has 15 heteroatoms. The standard InChI is InChI=1S/C22H24N2O9.C5H7NO3/c1-21(32)7-5-4-6-8(25)9(7)15(26)10-12(21)17(28)13-14(24(2)3)16(27)11(20(23)31)19(30)22(13,33)18(10)29;7-4-2-1-3(6-4)5(8)9/h4-6,12-14,17,25-26,28,30,32-33H,1-3H3,(H2,23,31);3H,1-2H2,(H,6,7)(H,8,9)/t12-,13-,14+,17+,21+,22+;3-/m10/s1. The Balaban J connectivity index is 0.000000385. The maximum Gasteiger partial charge on any atom is 0.326 e. The predicted molar refractivity (Wildman–Crippen MR) is 140 cm³/mol. The summed E-state index contributed by atoms with van der Waals surface area (Å²) in [5.41, 5.74) is -1.78. The minimum absolute atomic E-state index is 0.00664. The lowest BCUT2D eigenvalue weighted by Crippen LogP contribution is -2.71. The number of benzene rings is 1. The molecular weight excluding hydrogens is 558 g/mol. The van der Waals surface area contributed by atoms with Gasteiger partial charge in [0.15, 0.2) is 11.4 Å². The van der Waals surface area contributed by atoms with Crippen molar-refractivity contribution >= 4 is 35.1 Å². The first-order valence-corrected chi connectivity index (χ1v) is 12.8. The molecule has 226 valence electrons. The molecule has 42 heavy (non-hydrogen) atoms. The number of hydrogen-bond donors (Lipinski definition) is 9. The number of aliphatic hydroxyl groups is 5. The number of fused-ring (bicyclic) bond motifs is 3. The van der Waals surface area contributed by atoms with Crippen molar-refractivity contribution in [3.63, 3.8) is 0 Å². The molecule has 0 radical (unpaired) electrons. The Morgan fingerprint density at radius 3 is 2.19 bits per heavy atom. The van der Waals surface area contributed by atoms with Gasteiger partial charge in [-0.3, -0.25) is 24.1 Å². The van der Waals surface area contributed by atoms with Gasteiger partial charge in [-0.05, 0) is 39.1 Å². The molecule has 0 unspecified atom stereocenters. The van der Waals surface area contributed by atoms with Gasteiger partial charge in [0.2, 0.25) is 11.7 Å². The number of carboxylic acids is 1. The Kier molecular flexibility index (Phi) is 7.44. The van der Waals surface area contributed by atoms with E-state index < -0.39 is 93.1 Å². The van der Waals surface area contributed by atoms with Crippen LogP contribution in [0.4, 0.5) is 0 Å². The molecule has 3 aliphatic carbocycles. The average molecular weight is 590 g/mol. The molecule has 1 aromatic carbocycles. The number of aromatic hydroxyl groups is 1. The van der Waals surface area contributed by atoms with Crippen molar-refractivity contribution in [3.8, 4) is 5.75 Å². The van der Waals surface area contributed by atoms with Crippen LogP contribution in [0.15, 0.2) is 35.1 Å². The van der Waals surface area contributed by atoms with E-state index in [4.69, 9.17) is 10.8 Å². The number of carboxylic acid groups (broad SMARTS) is 1. The fraction of sp³-hybridized carbons (Fsp3) is 0.444. The van der Waals surface area contributed by atoms with Crippen LogP contribution in [-0.4, -0.2) is 108 Å². The van der Waals surface area contributed by atoms with Crippen LogP contribution in [-0.2, 0) is 29.6 Å². The second-order valence-corrected chi connectivity index (χ2v) is 11.1. The van der Waals surface area contributed by atoms with Crippen LogP contribution >= 0.6 is 0 Å². The van der Waals surface area contributed by atoms with Gasteiger partial charge in [-0.15, -0.1) is 0 Å². The number of rotatable bonds is 3. The van der Waals surface area contributed by atoms with E-state index in [1.165, 1.54) is 44.1 Å². The third-order valence-corrected chi connectivity index (χ3v) is 8.33. The van der Waals surface area contributed by atoms with Gasteiger partial charge in [-0.1, -0.05) is 12.1 Å². The first kappa shape index (κ1) is 30.6. The number of Topliss-reactive ketones (excluding diaryl/α,β-unsaturated/α-hetero) is 2. The van der Waals surface area contributed by atoms with Crippen LogP contribution in [0.5, 0.6) is 5.75 Å². The average Bonchev–Trinajstić information content (AvgIpc) is 3.33. The number of phenols is 1. The van der Waals surface area contributed by atoms with E-state index in [1.54, 1.807) is 0 Å². The Morgan fingerprint density at radius 1 is 1.10 bits per heavy atom. The number of nitrogens with zero attached hydrogens (tertiary/aromatic N) is 1. The van der Waals surface area contributed by atoms with E-state index in [-0.39, 0.29) is 17.0 Å². The molecular formula is C27H31N3O12. The van der Waals surface area contributed by atoms with E-state index in [2.05, 4.69) is 5.32 Å². The summed E-state index contributed by atoms with van der Waals surface area (Å²) < 4.78 is 0. The number of ketones is 2. The van der Waals surface area contributed by atoms with Crippen molar-refractivity contribution in [1.82, 2.24) is 10.2 Å². The molecule has 0 spiro atoms. The van der Waals surface area contributed by atoms with Gasteiger partial charge in [0.05, 0.1) is 40.7 Å². The van der Waals surface area contributed by atoms with Crippen LogP contribution in [0.1, 0.15) is 30.9 Å². The molecule has 1 aromatic rings. The number of carbonyl (C=O) groups excluding carboxylic acids is 4. The van der Waals surface area contributed by atoms with E-state index in [1.807, 2.05) is 0 Å². The van der Waals surface area contributed by atoms with Crippen molar-refractivity contribution in [2.24, 2.45) is 17.6 Å². The third-order valence-electron chi connectivity index (χ3n) is 8.33. The number of nitrogens with two attached hydrogens (primary N) is 1. The molecule has 4 aliphatic rings. The lowest BCUT2D eigenvalue weighted by molar-refractivity contribution is -0.181. The number of phenolic OH excluding ortho intramolecular Hbond substituents is 1. The molecule has 0 bridgehead atoms. The second-order valence-electron chi connectivity index (χ2n) is 11.1. The number of primary amides is 1. The first-order chi connectivity index (χ1) is 19.4. The summed E-state index contributed by atoms with van der Waals surface area (Å²) in [5.74, 6) is -10.8. The first-order valence-electron chi connectivity index (χ1n) is 12.8. The van der Waals surface area contributed by atoms with Crippen molar-refractivity contribution in [2.75, 3.05) is 14.1 Å². The minimum Gasteiger partial charge on any atom is -0.508 e. The van der Waals surface area contributed by atoms with Gasteiger partial charge in [-0.2, -0.15) is 0 Å². The zero-order chi connectivity index (χ0) is 31.6. The van der Waals surface area contributed by atoms with E-state index in [0.29, 0.717) is 12.8 Å². The summed E-state index contributed by atoms with van der Waals surface area (Å²) >= 11 is 0. The summed E-state index contributed by atoms with van der Waals surface area (Å²) in [6.45, 7) is 1.25. The van der Waals surface area contributed by atoms with Gasteiger partial charge < -0.3 is 46.8 Å². The quantitative estimate of drug-likeness (QED) is 0.172. The molecule has 0 aromatic heterocycles. The highest BCUT2D eigenvalue weighted by Gasteiger charge is 2.70. The molecule has 10 N–H and O–H groups in total. The smallest absolute Gasteiger partial charge is 0.326 e. The molecule has 5 rings (SSSR count). The Hall–Kier alpha value is -4.31. The van der Waals surface area contributed by atoms with Crippen molar-refractivity contribution in [3.05, 3.63) is 46.2 Å². The van der Waals surface area contributed by atoms with Crippen LogP contribution in [0.2, 0.25) is 0 Å². The topological polar surface area (TPSA) is 268 Å². The SMILES string of the molecule is CN(C)[C@@H]1C(=O)C(C(N)=O)=C(O)[C@@]2(O)C(=O)C3=C(O)c4c(O)cccc4[C@](C)(O)[C@H]3[C@H](O)[C@@H]12.O=C1CC[C@@H](C(=O)O)N1. The van der Waals surface area contributed by atoms with Crippen LogP contribution < -0.4 is 11.1 Å². The van der Waals surface area contributed by atoms with Crippen LogP contribution in [0.3, 0.4) is 0 Å². The van der Waals surface area contributed by atoms with Gasteiger partial charge in [-0.25, -0.2) is 4.79 Å². The van der Waals surface area contributed by atoms with Crippen LogP contribution in [0, 0.1) is 11.8 Å². The minimum atomic E-state index is -3.02. The lowest BCUT2D eigenvalue weighted by atomic mass is 9.53. The predicted octanol–water partition coefficient (Wildman–Crippen LogP) is -2.05. The molecule has 15 nitrogen and oxygen atoms in total. The van der Waals surface area contributed by atoms with E-state index in [9.17, 15) is 54.6 Å². The number of aliphatic carboxylic acids is 1. The maximum absolute atomic E-state index is 13.7. The normalized spacial score (nSPS) is 33.8. The van der Waals surface area contributed by atoms with Crippen molar-refractivity contribution in [1.29, 1.82) is 0 Å². The van der Waals surface area contributed by atoms with E-state index in [0.717, 1.165) is 0 Å². The number of aliphatic hydroxyl groups excluding tert-OH is 3. The summed E-state index contributed by atoms with van der Waals surface area (Å²) in [7, 11) is 2.80. The highest BCUT2D eigenvalue weighted by Crippen LogP contribution is 2.57. The largest absolute Gasteiger partial charge is 0.508 e. The highest BCUT2D eigenvalue weighted by molar-refractivity contribution is 6.24. The molecule has 2 fully saturated rings. The second kappa shape index (κ2) is 10.2. The number of hydrogen-bond acceptors (Lipinski definition) is 12. The summed E-state index contributed by atoms with van der Waals surface area (Å²) in [4.78, 5) is 60.4. The Labute approximate surface area is 238 Å².